The molecule has 2 amide bonds. The molecule has 0 saturated carbocycles. The second-order valence-electron chi connectivity index (χ2n) is 8.23. The zero-order valence-corrected chi connectivity index (χ0v) is 19.1. The third kappa shape index (κ3) is 12.9. The summed E-state index contributed by atoms with van der Waals surface area (Å²) in [7, 11) is 0. The van der Waals surface area contributed by atoms with Gasteiger partial charge in [-0.25, -0.2) is 0 Å². The summed E-state index contributed by atoms with van der Waals surface area (Å²) in [6.07, 6.45) is 21.3. The SMILES string of the molecule is CCCCCCCCCCCCCCCCCC(=O)NC(=O)c1ccncc1[N+](=O)[O-]. The monoisotopic (exact) mass is 433 g/mol. The summed E-state index contributed by atoms with van der Waals surface area (Å²) in [6, 6.07) is 1.24. The van der Waals surface area contributed by atoms with Crippen molar-refractivity contribution in [1.29, 1.82) is 0 Å². The van der Waals surface area contributed by atoms with Crippen molar-refractivity contribution in [2.24, 2.45) is 0 Å². The van der Waals surface area contributed by atoms with Crippen molar-refractivity contribution in [1.82, 2.24) is 10.3 Å². The standard InChI is InChI=1S/C24H39N3O4/c1-2-3-4-5-6-7-8-9-10-11-12-13-14-15-16-17-23(28)26-24(29)21-18-19-25-20-22(21)27(30)31/h18-20H,2-17H2,1H3,(H,26,28,29). The minimum absolute atomic E-state index is 0.148. The Morgan fingerprint density at radius 3 is 1.84 bits per heavy atom. The van der Waals surface area contributed by atoms with Gasteiger partial charge in [0.1, 0.15) is 11.8 Å². The van der Waals surface area contributed by atoms with Crippen LogP contribution in [-0.2, 0) is 4.79 Å². The Kier molecular flexibility index (Phi) is 15.0. The summed E-state index contributed by atoms with van der Waals surface area (Å²) in [5, 5.41) is 13.2. The Labute approximate surface area is 186 Å². The molecule has 0 spiro atoms. The number of carbonyl (C=O) groups excluding carboxylic acids is 2. The van der Waals surface area contributed by atoms with Crippen molar-refractivity contribution >= 4 is 17.5 Å². The zero-order chi connectivity index (χ0) is 22.7. The predicted octanol–water partition coefficient (Wildman–Crippen LogP) is 6.51. The Morgan fingerprint density at radius 2 is 1.35 bits per heavy atom. The maximum Gasteiger partial charge on any atom is 0.300 e. The van der Waals surface area contributed by atoms with Crippen LogP contribution in [0.4, 0.5) is 5.69 Å². The highest BCUT2D eigenvalue weighted by atomic mass is 16.6. The van der Waals surface area contributed by atoms with Gasteiger partial charge in [-0.05, 0) is 12.5 Å². The van der Waals surface area contributed by atoms with Gasteiger partial charge in [-0.2, -0.15) is 0 Å². The molecule has 1 rings (SSSR count). The molecule has 0 fully saturated rings. The lowest BCUT2D eigenvalue weighted by molar-refractivity contribution is -0.385. The number of hydrogen-bond acceptors (Lipinski definition) is 5. The van der Waals surface area contributed by atoms with E-state index in [1.54, 1.807) is 0 Å². The van der Waals surface area contributed by atoms with E-state index >= 15 is 0 Å². The van der Waals surface area contributed by atoms with Crippen LogP contribution in [-0.4, -0.2) is 21.7 Å². The summed E-state index contributed by atoms with van der Waals surface area (Å²) >= 11 is 0. The van der Waals surface area contributed by atoms with Crippen molar-refractivity contribution < 1.29 is 14.5 Å². The number of imide groups is 1. The van der Waals surface area contributed by atoms with Gasteiger partial charge in [-0.3, -0.25) is 30.0 Å². The predicted molar refractivity (Wildman–Crippen MR) is 123 cm³/mol. The number of aromatic nitrogens is 1. The molecule has 0 saturated heterocycles. The fraction of sp³-hybridized carbons (Fsp3) is 0.708. The van der Waals surface area contributed by atoms with Gasteiger partial charge in [0, 0.05) is 12.6 Å². The quantitative estimate of drug-likeness (QED) is 0.161. The lowest BCUT2D eigenvalue weighted by atomic mass is 10.0. The van der Waals surface area contributed by atoms with Gasteiger partial charge in [0.2, 0.25) is 5.91 Å². The van der Waals surface area contributed by atoms with Gasteiger partial charge in [0.05, 0.1) is 4.92 Å². The molecule has 31 heavy (non-hydrogen) atoms. The fourth-order valence-corrected chi connectivity index (χ4v) is 3.64. The highest BCUT2D eigenvalue weighted by molar-refractivity contribution is 6.06. The molecular formula is C24H39N3O4. The van der Waals surface area contributed by atoms with Crippen LogP contribution in [0.3, 0.4) is 0 Å². The largest absolute Gasteiger partial charge is 0.300 e. The molecule has 0 radical (unpaired) electrons. The van der Waals surface area contributed by atoms with Crippen LogP contribution in [0.25, 0.3) is 0 Å². The maximum absolute atomic E-state index is 12.1. The number of nitrogens with one attached hydrogen (secondary N) is 1. The molecule has 1 heterocycles. The summed E-state index contributed by atoms with van der Waals surface area (Å²) < 4.78 is 0. The molecule has 0 atom stereocenters. The van der Waals surface area contributed by atoms with Gasteiger partial charge in [-0.15, -0.1) is 0 Å². The Bertz CT molecular complexity index is 664. The average molecular weight is 434 g/mol. The summed E-state index contributed by atoms with van der Waals surface area (Å²) in [6.45, 7) is 2.25. The smallest absolute Gasteiger partial charge is 0.292 e. The molecule has 174 valence electrons. The molecule has 0 aromatic carbocycles. The number of pyridine rings is 1. The van der Waals surface area contributed by atoms with Crippen molar-refractivity contribution in [3.05, 3.63) is 34.1 Å². The highest BCUT2D eigenvalue weighted by Crippen LogP contribution is 2.16. The van der Waals surface area contributed by atoms with Crippen LogP contribution in [0.5, 0.6) is 0 Å². The van der Waals surface area contributed by atoms with Crippen molar-refractivity contribution in [3.8, 4) is 0 Å². The number of unbranched alkanes of at least 4 members (excludes halogenated alkanes) is 14. The molecule has 7 heteroatoms. The first kappa shape index (κ1) is 26.7. The van der Waals surface area contributed by atoms with E-state index < -0.39 is 22.4 Å². The topological polar surface area (TPSA) is 102 Å². The fourth-order valence-electron chi connectivity index (χ4n) is 3.64. The highest BCUT2D eigenvalue weighted by Gasteiger charge is 2.21. The van der Waals surface area contributed by atoms with Crippen molar-refractivity contribution in [2.45, 2.75) is 110 Å². The normalized spacial score (nSPS) is 10.7. The van der Waals surface area contributed by atoms with Gasteiger partial charge in [0.15, 0.2) is 0 Å². The minimum atomic E-state index is -0.750. The second-order valence-corrected chi connectivity index (χ2v) is 8.23. The van der Waals surface area contributed by atoms with Crippen LogP contribution in [0, 0.1) is 10.1 Å². The van der Waals surface area contributed by atoms with Crippen LogP contribution < -0.4 is 5.32 Å². The van der Waals surface area contributed by atoms with E-state index in [2.05, 4.69) is 17.2 Å². The minimum Gasteiger partial charge on any atom is -0.292 e. The summed E-state index contributed by atoms with van der Waals surface area (Å²) in [4.78, 5) is 37.9. The first-order valence-corrected chi connectivity index (χ1v) is 12.0. The Morgan fingerprint density at radius 1 is 0.871 bits per heavy atom. The van der Waals surface area contributed by atoms with E-state index in [4.69, 9.17) is 0 Å². The second kappa shape index (κ2) is 17.4. The van der Waals surface area contributed by atoms with Crippen molar-refractivity contribution in [3.63, 3.8) is 0 Å². The number of nitrogens with zero attached hydrogens (tertiary/aromatic N) is 2. The molecule has 1 N–H and O–H groups in total. The lowest BCUT2D eigenvalue weighted by Gasteiger charge is -2.05. The number of rotatable bonds is 18. The van der Waals surface area contributed by atoms with Gasteiger partial charge in [0.25, 0.3) is 11.6 Å². The molecule has 7 nitrogen and oxygen atoms in total. The van der Waals surface area contributed by atoms with Crippen LogP contribution >= 0.6 is 0 Å². The zero-order valence-electron chi connectivity index (χ0n) is 19.1. The molecule has 0 aliphatic rings. The molecule has 1 aromatic rings. The summed E-state index contributed by atoms with van der Waals surface area (Å²) in [5.41, 5.74) is -0.551. The molecule has 0 aliphatic carbocycles. The van der Waals surface area contributed by atoms with Crippen LogP contribution in [0.15, 0.2) is 18.5 Å². The third-order valence-electron chi connectivity index (χ3n) is 5.50. The van der Waals surface area contributed by atoms with Crippen molar-refractivity contribution in [2.75, 3.05) is 0 Å². The number of carbonyl (C=O) groups is 2. The molecule has 1 aromatic heterocycles. The third-order valence-corrected chi connectivity index (χ3v) is 5.50. The first-order valence-electron chi connectivity index (χ1n) is 12.0. The van der Waals surface area contributed by atoms with Crippen LogP contribution in [0.2, 0.25) is 0 Å². The Hall–Kier alpha value is -2.31. The average Bonchev–Trinajstić information content (AvgIpc) is 2.76. The van der Waals surface area contributed by atoms with E-state index in [1.165, 1.54) is 89.3 Å². The number of amides is 2. The van der Waals surface area contributed by atoms with E-state index in [-0.39, 0.29) is 12.0 Å². The molecule has 0 unspecified atom stereocenters. The van der Waals surface area contributed by atoms with Gasteiger partial charge >= 0.3 is 0 Å². The molecule has 0 aliphatic heterocycles. The van der Waals surface area contributed by atoms with E-state index in [0.29, 0.717) is 0 Å². The molecule has 0 bridgehead atoms. The molecular weight excluding hydrogens is 394 g/mol. The van der Waals surface area contributed by atoms with E-state index in [1.807, 2.05) is 0 Å². The first-order chi connectivity index (χ1) is 15.1. The summed E-state index contributed by atoms with van der Waals surface area (Å²) in [5.74, 6) is -1.15. The van der Waals surface area contributed by atoms with Gasteiger partial charge < -0.3 is 0 Å². The van der Waals surface area contributed by atoms with Gasteiger partial charge in [-0.1, -0.05) is 96.8 Å². The number of nitro groups is 1. The Balaban J connectivity index is 1.98. The van der Waals surface area contributed by atoms with Crippen LogP contribution in [0.1, 0.15) is 120 Å². The maximum atomic E-state index is 12.1. The lowest BCUT2D eigenvalue weighted by Crippen LogP contribution is -2.30. The number of hydrogen-bond donors (Lipinski definition) is 1. The van der Waals surface area contributed by atoms with E-state index in [0.717, 1.165) is 25.5 Å². The van der Waals surface area contributed by atoms with E-state index in [9.17, 15) is 19.7 Å².